The molecule has 0 spiro atoms. The number of nitrogens with zero attached hydrogens (tertiary/aromatic N) is 2. The van der Waals surface area contributed by atoms with Gasteiger partial charge in [0.1, 0.15) is 5.60 Å². The number of rotatable bonds is 7. The van der Waals surface area contributed by atoms with Crippen LogP contribution in [0.25, 0.3) is 0 Å². The molecule has 0 atom stereocenters. The molecule has 9 heteroatoms. The van der Waals surface area contributed by atoms with Gasteiger partial charge >= 0.3 is 6.09 Å². The Morgan fingerprint density at radius 1 is 1.26 bits per heavy atom. The van der Waals surface area contributed by atoms with Gasteiger partial charge in [0.05, 0.1) is 10.5 Å². The zero-order valence-corrected chi connectivity index (χ0v) is 20.6. The number of guanidine groups is 1. The average molecular weight is 511 g/mol. The third-order valence-electron chi connectivity index (χ3n) is 3.34. The van der Waals surface area contributed by atoms with E-state index in [4.69, 9.17) is 4.74 Å². The molecule has 1 rings (SSSR count). The molecule has 1 heterocycles. The summed E-state index contributed by atoms with van der Waals surface area (Å²) in [5.74, 6) is 0.691. The second kappa shape index (κ2) is 11.7. The summed E-state index contributed by atoms with van der Waals surface area (Å²) in [6, 6.07) is 0. The van der Waals surface area contributed by atoms with Crippen molar-refractivity contribution >= 4 is 47.4 Å². The van der Waals surface area contributed by atoms with Crippen LogP contribution in [0.1, 0.15) is 51.4 Å². The normalized spacial score (nSPS) is 12.2. The van der Waals surface area contributed by atoms with Crippen LogP contribution >= 0.6 is 35.3 Å². The van der Waals surface area contributed by atoms with Gasteiger partial charge in [-0.3, -0.25) is 4.99 Å². The van der Waals surface area contributed by atoms with Crippen molar-refractivity contribution in [1.29, 1.82) is 0 Å². The highest BCUT2D eigenvalue weighted by Gasteiger charge is 2.24. The molecule has 0 saturated heterocycles. The maximum atomic E-state index is 11.9. The largest absolute Gasteiger partial charge is 0.444 e. The van der Waals surface area contributed by atoms with E-state index in [0.29, 0.717) is 12.5 Å². The Hall–Kier alpha value is -1.10. The Labute approximate surface area is 184 Å². The SMILES string of the molecule is CCc1cnc(CCNC(=NC)NCC(C)(C)NC(=O)OC(C)(C)C)s1.I. The Balaban J connectivity index is 0.00000676. The molecule has 1 aromatic rings. The Bertz CT molecular complexity index is 611. The van der Waals surface area contributed by atoms with Crippen LogP contribution in [-0.2, 0) is 17.6 Å². The number of alkyl carbamates (subject to hydrolysis) is 1. The number of amides is 1. The molecule has 0 radical (unpaired) electrons. The van der Waals surface area contributed by atoms with E-state index in [0.717, 1.165) is 24.4 Å². The number of halogens is 1. The molecular formula is C18H34IN5O2S. The minimum Gasteiger partial charge on any atom is -0.444 e. The highest BCUT2D eigenvalue weighted by atomic mass is 127. The number of nitrogens with one attached hydrogen (secondary N) is 3. The maximum absolute atomic E-state index is 11.9. The third kappa shape index (κ3) is 11.4. The van der Waals surface area contributed by atoms with Crippen molar-refractivity contribution in [2.24, 2.45) is 4.99 Å². The van der Waals surface area contributed by atoms with Crippen LogP contribution in [0.2, 0.25) is 0 Å². The standard InChI is InChI=1S/C18H33N5O2S.HI/c1-8-13-11-21-14(26-13)9-10-20-15(19-7)22-12-18(5,6)23-16(24)25-17(2,3)4;/h11H,8-10,12H2,1-7H3,(H,23,24)(H2,19,20,22);1H. The van der Waals surface area contributed by atoms with Gasteiger partial charge in [-0.2, -0.15) is 0 Å². The predicted octanol–water partition coefficient (Wildman–Crippen LogP) is 3.33. The van der Waals surface area contributed by atoms with Crippen LogP contribution in [0, 0.1) is 0 Å². The van der Waals surface area contributed by atoms with Gasteiger partial charge in [-0.05, 0) is 41.0 Å². The number of aliphatic imine (C=N–C) groups is 1. The lowest BCUT2D eigenvalue weighted by molar-refractivity contribution is 0.0474. The van der Waals surface area contributed by atoms with Crippen molar-refractivity contribution in [3.05, 3.63) is 16.1 Å². The number of hydrogen-bond donors (Lipinski definition) is 3. The third-order valence-corrected chi connectivity index (χ3v) is 4.54. The molecule has 1 amide bonds. The summed E-state index contributed by atoms with van der Waals surface area (Å²) < 4.78 is 5.30. The highest BCUT2D eigenvalue weighted by Crippen LogP contribution is 2.13. The first-order valence-electron chi connectivity index (χ1n) is 8.94. The van der Waals surface area contributed by atoms with Crippen LogP contribution in [0.4, 0.5) is 4.79 Å². The molecule has 3 N–H and O–H groups in total. The smallest absolute Gasteiger partial charge is 0.408 e. The lowest BCUT2D eigenvalue weighted by Gasteiger charge is -2.29. The Morgan fingerprint density at radius 3 is 2.44 bits per heavy atom. The molecule has 156 valence electrons. The first kappa shape index (κ1) is 25.9. The first-order valence-corrected chi connectivity index (χ1v) is 9.75. The lowest BCUT2D eigenvalue weighted by atomic mass is 10.1. The lowest BCUT2D eigenvalue weighted by Crippen LogP contribution is -2.54. The summed E-state index contributed by atoms with van der Waals surface area (Å²) in [5, 5.41) is 10.5. The van der Waals surface area contributed by atoms with Crippen LogP contribution in [0.3, 0.4) is 0 Å². The second-order valence-electron chi connectivity index (χ2n) is 7.69. The topological polar surface area (TPSA) is 87.6 Å². The van der Waals surface area contributed by atoms with Crippen LogP contribution < -0.4 is 16.0 Å². The molecule has 0 bridgehead atoms. The summed E-state index contributed by atoms with van der Waals surface area (Å²) in [6.45, 7) is 12.8. The van der Waals surface area contributed by atoms with E-state index in [-0.39, 0.29) is 24.0 Å². The summed E-state index contributed by atoms with van der Waals surface area (Å²) in [7, 11) is 1.72. The van der Waals surface area contributed by atoms with E-state index < -0.39 is 17.2 Å². The molecule has 0 aromatic carbocycles. The van der Waals surface area contributed by atoms with Gasteiger partial charge in [0.2, 0.25) is 0 Å². The fourth-order valence-corrected chi connectivity index (χ4v) is 2.93. The van der Waals surface area contributed by atoms with E-state index >= 15 is 0 Å². The summed E-state index contributed by atoms with van der Waals surface area (Å²) >= 11 is 1.75. The molecule has 0 aliphatic heterocycles. The van der Waals surface area contributed by atoms with Crippen LogP contribution in [0.5, 0.6) is 0 Å². The van der Waals surface area contributed by atoms with Gasteiger partial charge in [0.15, 0.2) is 5.96 Å². The number of thiazole rings is 1. The van der Waals surface area contributed by atoms with E-state index in [1.54, 1.807) is 18.4 Å². The minimum atomic E-state index is -0.515. The average Bonchev–Trinajstić information content (AvgIpc) is 2.96. The van der Waals surface area contributed by atoms with Crippen LogP contribution in [-0.4, -0.2) is 48.3 Å². The number of hydrogen-bond acceptors (Lipinski definition) is 5. The number of carbonyl (C=O) groups is 1. The fourth-order valence-electron chi connectivity index (χ4n) is 2.06. The van der Waals surface area contributed by atoms with Gasteiger partial charge in [0.25, 0.3) is 0 Å². The van der Waals surface area contributed by atoms with E-state index in [9.17, 15) is 4.79 Å². The maximum Gasteiger partial charge on any atom is 0.408 e. The van der Waals surface area contributed by atoms with E-state index in [1.807, 2.05) is 40.8 Å². The van der Waals surface area contributed by atoms with Gasteiger partial charge < -0.3 is 20.7 Å². The Kier molecular flexibility index (Phi) is 11.2. The number of aryl methyl sites for hydroxylation is 1. The highest BCUT2D eigenvalue weighted by molar-refractivity contribution is 14.0. The van der Waals surface area contributed by atoms with Gasteiger partial charge in [-0.1, -0.05) is 6.92 Å². The van der Waals surface area contributed by atoms with Crippen molar-refractivity contribution in [3.63, 3.8) is 0 Å². The molecule has 1 aromatic heterocycles. The van der Waals surface area contributed by atoms with Crippen LogP contribution in [0.15, 0.2) is 11.2 Å². The van der Waals surface area contributed by atoms with Crippen molar-refractivity contribution in [3.8, 4) is 0 Å². The number of ether oxygens (including phenoxy) is 1. The molecule has 0 fully saturated rings. The number of carbonyl (C=O) groups excluding carboxylic acids is 1. The van der Waals surface area contributed by atoms with Gasteiger partial charge in [-0.15, -0.1) is 35.3 Å². The monoisotopic (exact) mass is 511 g/mol. The van der Waals surface area contributed by atoms with Gasteiger partial charge in [-0.25, -0.2) is 9.78 Å². The van der Waals surface area contributed by atoms with Crippen molar-refractivity contribution in [2.75, 3.05) is 20.1 Å². The van der Waals surface area contributed by atoms with Crippen molar-refractivity contribution in [2.45, 2.75) is 65.5 Å². The minimum absolute atomic E-state index is 0. The zero-order valence-electron chi connectivity index (χ0n) is 17.4. The van der Waals surface area contributed by atoms with Crippen molar-refractivity contribution in [1.82, 2.24) is 20.9 Å². The molecule has 0 aliphatic carbocycles. The summed E-state index contributed by atoms with van der Waals surface area (Å²) in [6.07, 6.45) is 3.39. The zero-order chi connectivity index (χ0) is 19.8. The first-order chi connectivity index (χ1) is 12.0. The fraction of sp³-hybridized carbons (Fsp3) is 0.722. The molecular weight excluding hydrogens is 477 g/mol. The van der Waals surface area contributed by atoms with E-state index in [1.165, 1.54) is 4.88 Å². The quantitative estimate of drug-likeness (QED) is 0.297. The predicted molar refractivity (Wildman–Crippen MR) is 123 cm³/mol. The van der Waals surface area contributed by atoms with Crippen molar-refractivity contribution < 1.29 is 9.53 Å². The summed E-state index contributed by atoms with van der Waals surface area (Å²) in [5.41, 5.74) is -0.996. The van der Waals surface area contributed by atoms with Gasteiger partial charge in [0, 0.05) is 37.6 Å². The molecule has 27 heavy (non-hydrogen) atoms. The molecule has 7 nitrogen and oxygen atoms in total. The molecule has 0 aliphatic rings. The number of aromatic nitrogens is 1. The van der Waals surface area contributed by atoms with E-state index in [2.05, 4.69) is 32.9 Å². The summed E-state index contributed by atoms with van der Waals surface area (Å²) in [4.78, 5) is 21.9. The molecule has 0 unspecified atom stereocenters. The molecule has 0 saturated carbocycles. The Morgan fingerprint density at radius 2 is 1.93 bits per heavy atom. The second-order valence-corrected chi connectivity index (χ2v) is 8.89.